The zero-order valence-corrected chi connectivity index (χ0v) is 29.4. The summed E-state index contributed by atoms with van der Waals surface area (Å²) in [5, 5.41) is 2.34. The van der Waals surface area contributed by atoms with Crippen molar-refractivity contribution in [2.45, 2.75) is 0 Å². The van der Waals surface area contributed by atoms with E-state index in [1.165, 1.54) is 50.0 Å². The molecule has 0 bridgehead atoms. The largest absolute Gasteiger partial charge is 0.457 e. The van der Waals surface area contributed by atoms with Crippen molar-refractivity contribution in [3.05, 3.63) is 188 Å². The lowest BCUT2D eigenvalue weighted by atomic mass is 9.39. The highest BCUT2D eigenvalue weighted by Crippen LogP contribution is 2.45. The Hall–Kier alpha value is -7.05. The molecule has 0 spiro atoms. The third kappa shape index (κ3) is 4.84. The number of ether oxygens (including phenoxy) is 1. The maximum absolute atomic E-state index is 6.69. The van der Waals surface area contributed by atoms with E-state index >= 15 is 0 Å². The van der Waals surface area contributed by atoms with Gasteiger partial charge in [-0.3, -0.25) is 4.57 Å². The molecule has 0 atom stereocenters. The minimum Gasteiger partial charge on any atom is -0.457 e. The number of anilines is 4. The highest BCUT2D eigenvalue weighted by Gasteiger charge is 2.34. The lowest BCUT2D eigenvalue weighted by Crippen LogP contribution is -2.48. The van der Waals surface area contributed by atoms with E-state index in [4.69, 9.17) is 9.72 Å². The van der Waals surface area contributed by atoms with Crippen LogP contribution in [0.25, 0.3) is 38.8 Å². The summed E-state index contributed by atoms with van der Waals surface area (Å²) in [6.07, 6.45) is 2.06. The highest BCUT2D eigenvalue weighted by atomic mass is 16.5. The van der Waals surface area contributed by atoms with E-state index in [0.717, 1.165) is 39.4 Å². The van der Waals surface area contributed by atoms with Crippen LogP contribution >= 0.6 is 0 Å². The van der Waals surface area contributed by atoms with Crippen molar-refractivity contribution in [2.24, 2.45) is 0 Å². The first-order valence-corrected chi connectivity index (χ1v) is 18.4. The Morgan fingerprint density at radius 2 is 1.15 bits per heavy atom. The van der Waals surface area contributed by atoms with Crippen molar-refractivity contribution in [3.8, 4) is 28.4 Å². The highest BCUT2D eigenvalue weighted by molar-refractivity contribution is 6.99. The van der Waals surface area contributed by atoms with E-state index in [2.05, 4.69) is 196 Å². The van der Waals surface area contributed by atoms with Crippen molar-refractivity contribution in [3.63, 3.8) is 0 Å². The lowest BCUT2D eigenvalue weighted by Gasteiger charge is -2.22. The second kappa shape index (κ2) is 12.3. The quantitative estimate of drug-likeness (QED) is 0.163. The van der Waals surface area contributed by atoms with Crippen LogP contribution in [0.2, 0.25) is 0 Å². The normalized spacial score (nSPS) is 13.0. The van der Waals surface area contributed by atoms with Crippen LogP contribution in [0.1, 0.15) is 0 Å². The third-order valence-corrected chi connectivity index (χ3v) is 11.0. The van der Waals surface area contributed by atoms with E-state index in [0.29, 0.717) is 6.67 Å². The van der Waals surface area contributed by atoms with Crippen LogP contribution in [-0.2, 0) is 0 Å². The number of hydrogen-bond donors (Lipinski definition) is 0. The summed E-state index contributed by atoms with van der Waals surface area (Å²) in [4.78, 5) is 9.84. The number of benzene rings is 7. The van der Waals surface area contributed by atoms with Crippen LogP contribution in [0.4, 0.5) is 22.7 Å². The second-order valence-corrected chi connectivity index (χ2v) is 14.0. The van der Waals surface area contributed by atoms with E-state index in [9.17, 15) is 0 Å². The molecule has 6 heteroatoms. The van der Waals surface area contributed by atoms with Crippen molar-refractivity contribution >= 4 is 67.7 Å². The average molecular weight is 693 g/mol. The number of rotatable bonds is 6. The molecular formula is C48H33BN4O. The molecule has 0 amide bonds. The van der Waals surface area contributed by atoms with Gasteiger partial charge in [0, 0.05) is 40.5 Å². The van der Waals surface area contributed by atoms with Gasteiger partial charge < -0.3 is 14.5 Å². The molecule has 54 heavy (non-hydrogen) atoms. The third-order valence-electron chi connectivity index (χ3n) is 11.0. The Morgan fingerprint density at radius 1 is 0.481 bits per heavy atom. The summed E-state index contributed by atoms with van der Waals surface area (Å²) in [6, 6.07) is 64.4. The molecule has 0 radical (unpaired) electrons. The molecule has 2 aliphatic heterocycles. The minimum absolute atomic E-state index is 0.140. The fourth-order valence-electron chi connectivity index (χ4n) is 8.59. The number of pyridine rings is 1. The van der Waals surface area contributed by atoms with Gasteiger partial charge in [0.2, 0.25) is 6.71 Å². The van der Waals surface area contributed by atoms with Gasteiger partial charge in [0.25, 0.3) is 0 Å². The number of aromatic nitrogens is 2. The van der Waals surface area contributed by atoms with E-state index in [1.807, 2.05) is 6.07 Å². The number of para-hydroxylation sites is 4. The Bertz CT molecular complexity index is 2870. The summed E-state index contributed by atoms with van der Waals surface area (Å²) in [7, 11) is 0. The summed E-state index contributed by atoms with van der Waals surface area (Å²) >= 11 is 0. The molecule has 254 valence electrons. The van der Waals surface area contributed by atoms with Gasteiger partial charge in [-0.2, -0.15) is 0 Å². The van der Waals surface area contributed by atoms with Crippen molar-refractivity contribution < 1.29 is 4.74 Å². The van der Waals surface area contributed by atoms with Gasteiger partial charge in [-0.1, -0.05) is 126 Å². The molecule has 0 saturated heterocycles. The van der Waals surface area contributed by atoms with E-state index in [1.54, 1.807) is 0 Å². The molecule has 0 saturated carbocycles. The fraction of sp³-hybridized carbons (Fsp3) is 0.0208. The van der Waals surface area contributed by atoms with Gasteiger partial charge in [-0.05, 0) is 71.8 Å². The molecule has 0 fully saturated rings. The Labute approximate surface area is 314 Å². The topological polar surface area (TPSA) is 33.5 Å². The van der Waals surface area contributed by atoms with Crippen molar-refractivity contribution in [1.82, 2.24) is 9.55 Å². The number of hydrogen-bond acceptors (Lipinski definition) is 4. The molecule has 2 aromatic heterocycles. The number of nitrogens with zero attached hydrogens (tertiary/aromatic N) is 4. The number of fused-ring (bicyclic) bond motifs is 7. The lowest BCUT2D eigenvalue weighted by molar-refractivity contribution is 0.483. The van der Waals surface area contributed by atoms with Gasteiger partial charge in [0.1, 0.15) is 24.0 Å². The van der Waals surface area contributed by atoms with Gasteiger partial charge in [-0.25, -0.2) is 4.98 Å². The van der Waals surface area contributed by atoms with Crippen LogP contribution in [0, 0.1) is 0 Å². The predicted octanol–water partition coefficient (Wildman–Crippen LogP) is 9.71. The molecule has 11 rings (SSSR count). The Morgan fingerprint density at radius 3 is 2.00 bits per heavy atom. The van der Waals surface area contributed by atoms with Crippen molar-refractivity contribution in [2.75, 3.05) is 16.5 Å². The zero-order chi connectivity index (χ0) is 35.6. The Balaban J connectivity index is 0.983. The summed E-state index contributed by atoms with van der Waals surface area (Å²) in [6.45, 7) is 0.851. The summed E-state index contributed by atoms with van der Waals surface area (Å²) in [5.41, 5.74) is 13.1. The molecule has 4 heterocycles. The second-order valence-electron chi connectivity index (χ2n) is 14.0. The maximum atomic E-state index is 6.69. The summed E-state index contributed by atoms with van der Waals surface area (Å²) in [5.74, 6) is 2.44. The first-order valence-electron chi connectivity index (χ1n) is 18.4. The van der Waals surface area contributed by atoms with Crippen LogP contribution in [0.15, 0.2) is 188 Å². The summed E-state index contributed by atoms with van der Waals surface area (Å²) < 4.78 is 8.98. The van der Waals surface area contributed by atoms with Gasteiger partial charge in [0.05, 0.1) is 22.4 Å². The van der Waals surface area contributed by atoms with E-state index < -0.39 is 0 Å². The molecule has 2 aliphatic rings. The standard InChI is InChI=1S/C48H33BN4O/c1-3-14-33(15-4-1)49-42-22-9-7-20-38(42)41-31-50-48(30-43(41)49)53-44-23-10-8-21-39(44)40-27-26-37(29-47(40)53)54-36-19-13-18-35(28-36)52-32-51(34-16-5-2-6-17-34)45-24-11-12-25-46(45)52/h1-31H,32H2. The van der Waals surface area contributed by atoms with Crippen LogP contribution < -0.4 is 30.9 Å². The van der Waals surface area contributed by atoms with Crippen LogP contribution in [-0.4, -0.2) is 22.9 Å². The Kier molecular flexibility index (Phi) is 6.95. The van der Waals surface area contributed by atoms with Gasteiger partial charge in [-0.15, -0.1) is 0 Å². The van der Waals surface area contributed by atoms with Crippen molar-refractivity contribution in [1.29, 1.82) is 0 Å². The van der Waals surface area contributed by atoms with E-state index in [-0.39, 0.29) is 6.71 Å². The average Bonchev–Trinajstić information content (AvgIpc) is 3.89. The van der Waals surface area contributed by atoms with Crippen LogP contribution in [0.5, 0.6) is 11.5 Å². The monoisotopic (exact) mass is 692 g/mol. The molecule has 0 unspecified atom stereocenters. The molecule has 9 aromatic rings. The molecule has 5 nitrogen and oxygen atoms in total. The molecule has 0 aliphatic carbocycles. The molecule has 7 aromatic carbocycles. The van der Waals surface area contributed by atoms with Gasteiger partial charge in [0.15, 0.2) is 0 Å². The predicted molar refractivity (Wildman–Crippen MR) is 224 cm³/mol. The zero-order valence-electron chi connectivity index (χ0n) is 29.4. The first kappa shape index (κ1) is 30.6. The minimum atomic E-state index is 0.140. The SMILES string of the molecule is c1ccc(B2c3ccccc3-c3cnc(-n4c5ccccc5c5ccc(Oc6cccc(N7CN(c8ccccc8)c8ccccc87)c6)cc54)cc32)cc1. The smallest absolute Gasteiger partial charge is 0.243 e. The molecular weight excluding hydrogens is 659 g/mol. The first-order chi connectivity index (χ1) is 26.8. The molecule has 0 N–H and O–H groups in total. The van der Waals surface area contributed by atoms with Gasteiger partial charge >= 0.3 is 0 Å². The maximum Gasteiger partial charge on any atom is 0.243 e. The van der Waals surface area contributed by atoms with Crippen LogP contribution in [0.3, 0.4) is 0 Å². The fourth-order valence-corrected chi connectivity index (χ4v) is 8.59.